The number of hydrogen-bond acceptors (Lipinski definition) is 2. The van der Waals surface area contributed by atoms with Crippen molar-refractivity contribution in [1.29, 1.82) is 0 Å². The van der Waals surface area contributed by atoms with E-state index in [0.717, 1.165) is 31.2 Å². The molecule has 2 rings (SSSR count). The highest BCUT2D eigenvalue weighted by atomic mass is 35.5. The van der Waals surface area contributed by atoms with Gasteiger partial charge in [-0.15, -0.1) is 0 Å². The summed E-state index contributed by atoms with van der Waals surface area (Å²) in [5.41, 5.74) is 0.783. The molecule has 1 saturated carbocycles. The standard InChI is InChI=1S/C15H19ClO3/c1-19-13-8-7-11(9-12(13)16)14(15(17)18)10-5-3-2-4-6-10/h7-10,14H,2-6H2,1H3,(H,17,18). The fourth-order valence-electron chi connectivity index (χ4n) is 2.96. The average Bonchev–Trinajstić information content (AvgIpc) is 2.40. The fourth-order valence-corrected chi connectivity index (χ4v) is 3.23. The summed E-state index contributed by atoms with van der Waals surface area (Å²) in [6, 6.07) is 5.29. The van der Waals surface area contributed by atoms with Gasteiger partial charge in [-0.2, -0.15) is 0 Å². The molecule has 0 bridgehead atoms. The summed E-state index contributed by atoms with van der Waals surface area (Å²) >= 11 is 6.10. The van der Waals surface area contributed by atoms with Crippen molar-refractivity contribution in [2.75, 3.05) is 7.11 Å². The van der Waals surface area contributed by atoms with Crippen molar-refractivity contribution in [3.63, 3.8) is 0 Å². The van der Waals surface area contributed by atoms with E-state index in [1.165, 1.54) is 6.42 Å². The van der Waals surface area contributed by atoms with Crippen LogP contribution >= 0.6 is 11.6 Å². The number of ether oxygens (including phenoxy) is 1. The molecule has 1 atom stereocenters. The highest BCUT2D eigenvalue weighted by molar-refractivity contribution is 6.32. The summed E-state index contributed by atoms with van der Waals surface area (Å²) in [6.45, 7) is 0. The molecular formula is C15H19ClO3. The lowest BCUT2D eigenvalue weighted by Crippen LogP contribution is -2.23. The van der Waals surface area contributed by atoms with Crippen molar-refractivity contribution >= 4 is 17.6 Å². The second-order valence-corrected chi connectivity index (χ2v) is 5.52. The molecular weight excluding hydrogens is 264 g/mol. The normalized spacial score (nSPS) is 18.0. The van der Waals surface area contributed by atoms with Crippen LogP contribution in [-0.4, -0.2) is 18.2 Å². The van der Waals surface area contributed by atoms with Crippen LogP contribution in [0.2, 0.25) is 5.02 Å². The molecule has 0 saturated heterocycles. The minimum absolute atomic E-state index is 0.218. The van der Waals surface area contributed by atoms with Crippen molar-refractivity contribution in [3.8, 4) is 5.75 Å². The van der Waals surface area contributed by atoms with E-state index in [0.29, 0.717) is 10.8 Å². The number of hydrogen-bond donors (Lipinski definition) is 1. The minimum atomic E-state index is -0.756. The van der Waals surface area contributed by atoms with Gasteiger partial charge in [-0.3, -0.25) is 4.79 Å². The van der Waals surface area contributed by atoms with Crippen LogP contribution in [0.15, 0.2) is 18.2 Å². The maximum Gasteiger partial charge on any atom is 0.311 e. The van der Waals surface area contributed by atoms with Gasteiger partial charge in [0.25, 0.3) is 0 Å². The van der Waals surface area contributed by atoms with Gasteiger partial charge in [0.2, 0.25) is 0 Å². The zero-order valence-electron chi connectivity index (χ0n) is 11.1. The molecule has 1 aliphatic rings. The van der Waals surface area contributed by atoms with E-state index in [9.17, 15) is 9.90 Å². The van der Waals surface area contributed by atoms with Crippen molar-refractivity contribution in [2.24, 2.45) is 5.92 Å². The van der Waals surface area contributed by atoms with Gasteiger partial charge in [-0.25, -0.2) is 0 Å². The van der Waals surface area contributed by atoms with E-state index in [1.807, 2.05) is 6.07 Å². The molecule has 1 aromatic rings. The third kappa shape index (κ3) is 3.21. The van der Waals surface area contributed by atoms with Crippen molar-refractivity contribution in [3.05, 3.63) is 28.8 Å². The van der Waals surface area contributed by atoms with Crippen LogP contribution in [0, 0.1) is 5.92 Å². The molecule has 3 nitrogen and oxygen atoms in total. The first-order chi connectivity index (χ1) is 9.13. The highest BCUT2D eigenvalue weighted by Crippen LogP contribution is 2.38. The van der Waals surface area contributed by atoms with Crippen LogP contribution < -0.4 is 4.74 Å². The lowest BCUT2D eigenvalue weighted by atomic mass is 9.77. The first-order valence-corrected chi connectivity index (χ1v) is 7.07. The molecule has 1 N–H and O–H groups in total. The number of halogens is 1. The molecule has 4 heteroatoms. The van der Waals surface area contributed by atoms with Crippen LogP contribution in [0.5, 0.6) is 5.75 Å². The average molecular weight is 283 g/mol. The Morgan fingerprint density at radius 1 is 1.37 bits per heavy atom. The maximum absolute atomic E-state index is 11.6. The zero-order chi connectivity index (χ0) is 13.8. The van der Waals surface area contributed by atoms with Gasteiger partial charge >= 0.3 is 5.97 Å². The molecule has 0 radical (unpaired) electrons. The molecule has 0 spiro atoms. The third-order valence-electron chi connectivity index (χ3n) is 3.92. The largest absolute Gasteiger partial charge is 0.495 e. The highest BCUT2D eigenvalue weighted by Gasteiger charge is 2.31. The lowest BCUT2D eigenvalue weighted by molar-refractivity contribution is -0.140. The second-order valence-electron chi connectivity index (χ2n) is 5.11. The SMILES string of the molecule is COc1ccc(C(C(=O)O)C2CCCCC2)cc1Cl. The molecule has 1 aromatic carbocycles. The first kappa shape index (κ1) is 14.2. The monoisotopic (exact) mass is 282 g/mol. The number of rotatable bonds is 4. The molecule has 0 aliphatic heterocycles. The van der Waals surface area contributed by atoms with Gasteiger partial charge in [-0.1, -0.05) is 36.9 Å². The van der Waals surface area contributed by atoms with Gasteiger partial charge in [0, 0.05) is 0 Å². The summed E-state index contributed by atoms with van der Waals surface area (Å²) in [4.78, 5) is 11.6. The fraction of sp³-hybridized carbons (Fsp3) is 0.533. The van der Waals surface area contributed by atoms with Gasteiger partial charge in [0.15, 0.2) is 0 Å². The smallest absolute Gasteiger partial charge is 0.311 e. The number of methoxy groups -OCH3 is 1. The van der Waals surface area contributed by atoms with Gasteiger partial charge in [0.05, 0.1) is 18.1 Å². The second kappa shape index (κ2) is 6.29. The molecule has 0 heterocycles. The number of carbonyl (C=O) groups is 1. The topological polar surface area (TPSA) is 46.5 Å². The Kier molecular flexibility index (Phi) is 4.70. The number of carboxylic acid groups (broad SMARTS) is 1. The quantitative estimate of drug-likeness (QED) is 0.904. The summed E-state index contributed by atoms with van der Waals surface area (Å²) in [6.07, 6.45) is 5.43. The molecule has 104 valence electrons. The number of benzene rings is 1. The molecule has 0 aromatic heterocycles. The Morgan fingerprint density at radius 3 is 2.58 bits per heavy atom. The summed E-state index contributed by atoms with van der Waals surface area (Å²) in [5.74, 6) is -0.411. The van der Waals surface area contributed by atoms with Crippen LogP contribution in [0.1, 0.15) is 43.6 Å². The molecule has 1 fully saturated rings. The Labute approximate surface area is 118 Å². The van der Waals surface area contributed by atoms with Gasteiger partial charge in [0.1, 0.15) is 5.75 Å². The lowest BCUT2D eigenvalue weighted by Gasteiger charge is -2.28. The van der Waals surface area contributed by atoms with Crippen molar-refractivity contribution < 1.29 is 14.6 Å². The first-order valence-electron chi connectivity index (χ1n) is 6.69. The maximum atomic E-state index is 11.6. The molecule has 1 aliphatic carbocycles. The Morgan fingerprint density at radius 2 is 2.05 bits per heavy atom. The van der Waals surface area contributed by atoms with Crippen LogP contribution in [-0.2, 0) is 4.79 Å². The predicted octanol–water partition coefficient (Wildman–Crippen LogP) is 4.10. The van der Waals surface area contributed by atoms with E-state index in [-0.39, 0.29) is 5.92 Å². The molecule has 0 amide bonds. The summed E-state index contributed by atoms with van der Waals surface area (Å²) in [7, 11) is 1.55. The molecule has 1 unspecified atom stereocenters. The van der Waals surface area contributed by atoms with Crippen molar-refractivity contribution in [1.82, 2.24) is 0 Å². The van der Waals surface area contributed by atoms with E-state index in [4.69, 9.17) is 16.3 Å². The van der Waals surface area contributed by atoms with Gasteiger partial charge in [-0.05, 0) is 36.5 Å². The number of aliphatic carboxylic acids is 1. The minimum Gasteiger partial charge on any atom is -0.495 e. The summed E-state index contributed by atoms with van der Waals surface area (Å²) in [5, 5.41) is 10.00. The third-order valence-corrected chi connectivity index (χ3v) is 4.22. The molecule has 19 heavy (non-hydrogen) atoms. The van der Waals surface area contributed by atoms with Crippen LogP contribution in [0.4, 0.5) is 0 Å². The Bertz CT molecular complexity index is 453. The van der Waals surface area contributed by atoms with E-state index >= 15 is 0 Å². The van der Waals surface area contributed by atoms with E-state index in [2.05, 4.69) is 0 Å². The van der Waals surface area contributed by atoms with Crippen molar-refractivity contribution in [2.45, 2.75) is 38.0 Å². The summed E-state index contributed by atoms with van der Waals surface area (Å²) < 4.78 is 5.11. The van der Waals surface area contributed by atoms with E-state index in [1.54, 1.807) is 19.2 Å². The van der Waals surface area contributed by atoms with E-state index < -0.39 is 11.9 Å². The van der Waals surface area contributed by atoms with Gasteiger partial charge < -0.3 is 9.84 Å². The Hall–Kier alpha value is -1.22. The zero-order valence-corrected chi connectivity index (χ0v) is 11.8. The Balaban J connectivity index is 2.28. The predicted molar refractivity (Wildman–Crippen MR) is 75.0 cm³/mol. The number of carboxylic acids is 1. The van der Waals surface area contributed by atoms with Crippen LogP contribution in [0.25, 0.3) is 0 Å². The van der Waals surface area contributed by atoms with Crippen LogP contribution in [0.3, 0.4) is 0 Å².